The molecule has 0 radical (unpaired) electrons. The van der Waals surface area contributed by atoms with Gasteiger partial charge in [-0.3, -0.25) is 9.59 Å². The van der Waals surface area contributed by atoms with E-state index < -0.39 is 16.8 Å². The van der Waals surface area contributed by atoms with Gasteiger partial charge in [0.25, 0.3) is 0 Å². The zero-order valence-corrected chi connectivity index (χ0v) is 16.8. The minimum Gasteiger partial charge on any atom is -0.497 e. The molecular formula is C24H27NO4. The van der Waals surface area contributed by atoms with E-state index in [-0.39, 0.29) is 18.6 Å². The molecule has 1 saturated heterocycles. The number of hydrogen-bond donors (Lipinski definition) is 1. The van der Waals surface area contributed by atoms with Gasteiger partial charge in [-0.25, -0.2) is 0 Å². The van der Waals surface area contributed by atoms with Gasteiger partial charge in [-0.2, -0.15) is 0 Å². The molecule has 1 N–H and O–H groups in total. The van der Waals surface area contributed by atoms with Crippen molar-refractivity contribution in [3.05, 3.63) is 65.7 Å². The lowest BCUT2D eigenvalue weighted by atomic mass is 9.55. The number of piperidine rings is 1. The van der Waals surface area contributed by atoms with Crippen LogP contribution in [-0.2, 0) is 21.4 Å². The van der Waals surface area contributed by atoms with Gasteiger partial charge in [0.15, 0.2) is 5.78 Å². The Bertz CT molecular complexity index is 912. The highest BCUT2D eigenvalue weighted by molar-refractivity contribution is 6.38. The van der Waals surface area contributed by atoms with Crippen molar-refractivity contribution in [2.24, 2.45) is 0 Å². The van der Waals surface area contributed by atoms with Gasteiger partial charge in [0.05, 0.1) is 12.7 Å². The van der Waals surface area contributed by atoms with Crippen LogP contribution < -0.4 is 4.74 Å². The minimum absolute atomic E-state index is 0.0576. The Morgan fingerprint density at radius 3 is 2.55 bits per heavy atom. The van der Waals surface area contributed by atoms with Crippen molar-refractivity contribution in [2.45, 2.75) is 36.7 Å². The molecule has 1 saturated carbocycles. The van der Waals surface area contributed by atoms with Crippen LogP contribution in [0.15, 0.2) is 54.6 Å². The van der Waals surface area contributed by atoms with E-state index in [0.717, 1.165) is 25.1 Å². The maximum atomic E-state index is 12.4. The molecule has 1 aliphatic carbocycles. The highest BCUT2D eigenvalue weighted by Crippen LogP contribution is 2.50. The second-order valence-corrected chi connectivity index (χ2v) is 8.31. The van der Waals surface area contributed by atoms with Crippen LogP contribution in [-0.4, -0.2) is 53.9 Å². The van der Waals surface area contributed by atoms with E-state index >= 15 is 0 Å². The number of fused-ring (bicyclic) bond motifs is 1. The first-order chi connectivity index (χ1) is 14.0. The Morgan fingerprint density at radius 2 is 1.79 bits per heavy atom. The first kappa shape index (κ1) is 19.8. The van der Waals surface area contributed by atoms with E-state index in [4.69, 9.17) is 4.74 Å². The maximum Gasteiger partial charge on any atom is 0.201 e. The van der Waals surface area contributed by atoms with Crippen molar-refractivity contribution in [2.75, 3.05) is 26.7 Å². The molecule has 4 rings (SSSR count). The predicted molar refractivity (Wildman–Crippen MR) is 110 cm³/mol. The van der Waals surface area contributed by atoms with Gasteiger partial charge in [-0.05, 0) is 42.6 Å². The summed E-state index contributed by atoms with van der Waals surface area (Å²) in [6, 6.07) is 17.8. The van der Waals surface area contributed by atoms with E-state index in [9.17, 15) is 14.7 Å². The number of ether oxygens (including phenoxy) is 1. The summed E-state index contributed by atoms with van der Waals surface area (Å²) >= 11 is 0. The van der Waals surface area contributed by atoms with Crippen LogP contribution in [0.2, 0.25) is 0 Å². The normalized spacial score (nSPS) is 27.5. The standard InChI is InChI=1S/C24H27NO4/c1-29-20-9-5-8-19(14-20)23-11-13-25(12-10-18-6-3-2-4-7-18)17-24(23,28)16-22(27)21(26)15-23/h2-9,14,28H,10-13,15-17H2,1H3/t23-,24-/m1/s1. The van der Waals surface area contributed by atoms with E-state index in [1.54, 1.807) is 7.11 Å². The zero-order chi connectivity index (χ0) is 20.5. The molecule has 2 atom stereocenters. The Labute approximate surface area is 171 Å². The number of rotatable bonds is 5. The molecule has 2 aromatic rings. The fourth-order valence-electron chi connectivity index (χ4n) is 4.96. The van der Waals surface area contributed by atoms with Crippen LogP contribution in [0.4, 0.5) is 0 Å². The monoisotopic (exact) mass is 393 g/mol. The lowest BCUT2D eigenvalue weighted by Gasteiger charge is -2.55. The number of nitrogens with zero attached hydrogens (tertiary/aromatic N) is 1. The van der Waals surface area contributed by atoms with E-state index in [1.165, 1.54) is 5.56 Å². The molecule has 5 nitrogen and oxygen atoms in total. The summed E-state index contributed by atoms with van der Waals surface area (Å²) in [5.74, 6) is -0.152. The van der Waals surface area contributed by atoms with Crippen molar-refractivity contribution in [1.82, 2.24) is 4.90 Å². The lowest BCUT2D eigenvalue weighted by Crippen LogP contribution is -2.67. The number of β-amino-alcohol motifs (C(OH)–C–C–N with tert-alkyl or cyclic N) is 1. The van der Waals surface area contributed by atoms with Gasteiger partial charge in [-0.1, -0.05) is 42.5 Å². The number of benzene rings is 2. The number of hydrogen-bond acceptors (Lipinski definition) is 5. The Hall–Kier alpha value is -2.50. The number of methoxy groups -OCH3 is 1. The zero-order valence-electron chi connectivity index (χ0n) is 16.8. The van der Waals surface area contributed by atoms with Gasteiger partial charge in [0.2, 0.25) is 5.78 Å². The number of carbonyl (C=O) groups excluding carboxylic acids is 2. The largest absolute Gasteiger partial charge is 0.497 e. The SMILES string of the molecule is COc1cccc([C@]23CCN(CCc4ccccc4)C[C@]2(O)CC(=O)C(=O)C3)c1. The molecule has 2 aliphatic rings. The molecule has 0 amide bonds. The first-order valence-electron chi connectivity index (χ1n) is 10.1. The highest BCUT2D eigenvalue weighted by Gasteiger charge is 2.59. The van der Waals surface area contributed by atoms with Crippen molar-refractivity contribution in [3.8, 4) is 5.75 Å². The summed E-state index contributed by atoms with van der Waals surface area (Å²) < 4.78 is 5.37. The maximum absolute atomic E-state index is 12.4. The fourth-order valence-corrected chi connectivity index (χ4v) is 4.96. The van der Waals surface area contributed by atoms with E-state index in [0.29, 0.717) is 18.7 Å². The van der Waals surface area contributed by atoms with Crippen molar-refractivity contribution in [3.63, 3.8) is 0 Å². The Balaban J connectivity index is 1.62. The van der Waals surface area contributed by atoms with Gasteiger partial charge < -0.3 is 14.7 Å². The molecule has 29 heavy (non-hydrogen) atoms. The van der Waals surface area contributed by atoms with Crippen LogP contribution in [0.5, 0.6) is 5.75 Å². The lowest BCUT2D eigenvalue weighted by molar-refractivity contribution is -0.160. The third-order valence-electron chi connectivity index (χ3n) is 6.64. The topological polar surface area (TPSA) is 66.8 Å². The minimum atomic E-state index is -1.26. The van der Waals surface area contributed by atoms with Crippen molar-refractivity contribution in [1.29, 1.82) is 0 Å². The van der Waals surface area contributed by atoms with Crippen LogP contribution in [0.25, 0.3) is 0 Å². The molecule has 0 unspecified atom stereocenters. The van der Waals surface area contributed by atoms with Crippen molar-refractivity contribution < 1.29 is 19.4 Å². The van der Waals surface area contributed by atoms with Gasteiger partial charge in [0, 0.05) is 31.3 Å². The van der Waals surface area contributed by atoms with E-state index in [2.05, 4.69) is 17.0 Å². The Kier molecular flexibility index (Phi) is 5.28. The summed E-state index contributed by atoms with van der Waals surface area (Å²) in [5.41, 5.74) is 0.108. The molecule has 0 aromatic heterocycles. The number of aliphatic hydroxyl groups is 1. The Morgan fingerprint density at radius 1 is 1.03 bits per heavy atom. The number of Topliss-reactive ketones (excluding diaryl/α,β-unsaturated/α-hetero) is 2. The molecule has 1 heterocycles. The summed E-state index contributed by atoms with van der Waals surface area (Å²) in [6.07, 6.45) is 1.45. The van der Waals surface area contributed by atoms with Gasteiger partial charge >= 0.3 is 0 Å². The molecular weight excluding hydrogens is 366 g/mol. The summed E-state index contributed by atoms with van der Waals surface area (Å²) in [6.45, 7) is 1.96. The summed E-state index contributed by atoms with van der Waals surface area (Å²) in [7, 11) is 1.60. The highest BCUT2D eigenvalue weighted by atomic mass is 16.5. The van der Waals surface area contributed by atoms with Gasteiger partial charge in [-0.15, -0.1) is 0 Å². The molecule has 2 aromatic carbocycles. The molecule has 0 bridgehead atoms. The smallest absolute Gasteiger partial charge is 0.201 e. The fraction of sp³-hybridized carbons (Fsp3) is 0.417. The molecule has 0 spiro atoms. The molecule has 2 fully saturated rings. The summed E-state index contributed by atoms with van der Waals surface area (Å²) in [5, 5.41) is 11.8. The van der Waals surface area contributed by atoms with Crippen LogP contribution in [0.3, 0.4) is 0 Å². The second kappa shape index (κ2) is 7.73. The van der Waals surface area contributed by atoms with Crippen LogP contribution in [0.1, 0.15) is 30.4 Å². The molecule has 5 heteroatoms. The number of ketones is 2. The number of likely N-dealkylation sites (tertiary alicyclic amines) is 1. The van der Waals surface area contributed by atoms with Crippen LogP contribution >= 0.6 is 0 Å². The average Bonchev–Trinajstić information content (AvgIpc) is 2.74. The molecule has 152 valence electrons. The third-order valence-corrected chi connectivity index (χ3v) is 6.64. The van der Waals surface area contributed by atoms with E-state index in [1.807, 2.05) is 42.5 Å². The van der Waals surface area contributed by atoms with Crippen molar-refractivity contribution >= 4 is 11.6 Å². The summed E-state index contributed by atoms with van der Waals surface area (Å²) in [4.78, 5) is 26.9. The first-order valence-corrected chi connectivity index (χ1v) is 10.1. The number of carbonyl (C=O) groups is 2. The van der Waals surface area contributed by atoms with Gasteiger partial charge in [0.1, 0.15) is 5.75 Å². The quantitative estimate of drug-likeness (QED) is 0.791. The molecule has 1 aliphatic heterocycles. The van der Waals surface area contributed by atoms with Crippen LogP contribution in [0, 0.1) is 0 Å². The average molecular weight is 393 g/mol. The predicted octanol–water partition coefficient (Wildman–Crippen LogP) is 2.54. The second-order valence-electron chi connectivity index (χ2n) is 8.31. The third kappa shape index (κ3) is 3.61.